The maximum absolute atomic E-state index is 14.6. The van der Waals surface area contributed by atoms with Gasteiger partial charge in [0.2, 0.25) is 0 Å². The molecular formula is C31H29FN8O3. The monoisotopic (exact) mass is 580 g/mol. The van der Waals surface area contributed by atoms with E-state index in [0.717, 1.165) is 67.4 Å². The number of halogens is 1. The fourth-order valence-corrected chi connectivity index (χ4v) is 5.75. The van der Waals surface area contributed by atoms with Gasteiger partial charge in [-0.2, -0.15) is 5.26 Å². The van der Waals surface area contributed by atoms with Gasteiger partial charge in [-0.25, -0.2) is 24.1 Å². The van der Waals surface area contributed by atoms with Gasteiger partial charge in [0.1, 0.15) is 23.0 Å². The van der Waals surface area contributed by atoms with Gasteiger partial charge >= 0.3 is 5.97 Å². The highest BCUT2D eigenvalue weighted by Crippen LogP contribution is 2.25. The van der Waals surface area contributed by atoms with E-state index in [2.05, 4.69) is 19.4 Å². The molecule has 12 heteroatoms. The number of carboxylic acids is 1. The maximum atomic E-state index is 14.6. The van der Waals surface area contributed by atoms with Crippen molar-refractivity contribution in [3.63, 3.8) is 0 Å². The number of aromatic nitrogens is 5. The molecule has 5 aromatic rings. The molecule has 2 aromatic carbocycles. The summed E-state index contributed by atoms with van der Waals surface area (Å²) in [6, 6.07) is 15.4. The van der Waals surface area contributed by atoms with E-state index >= 15 is 0 Å². The number of benzene rings is 2. The second-order valence-electron chi connectivity index (χ2n) is 11.0. The van der Waals surface area contributed by atoms with Crippen molar-refractivity contribution in [1.82, 2.24) is 29.0 Å². The molecule has 218 valence electrons. The number of ether oxygens (including phenoxy) is 1. The number of piperazine rings is 1. The normalized spacial score (nSPS) is 17.3. The summed E-state index contributed by atoms with van der Waals surface area (Å²) in [5.41, 5.74) is 4.01. The summed E-state index contributed by atoms with van der Waals surface area (Å²) >= 11 is 0. The summed E-state index contributed by atoms with van der Waals surface area (Å²) in [7, 11) is 0. The summed E-state index contributed by atoms with van der Waals surface area (Å²) in [6.07, 6.45) is 2.76. The Labute approximate surface area is 246 Å². The molecule has 0 aliphatic carbocycles. The number of nitrogens with zero attached hydrogens (tertiary/aromatic N) is 8. The lowest BCUT2D eigenvalue weighted by atomic mass is 10.1. The van der Waals surface area contributed by atoms with Crippen LogP contribution in [0.25, 0.3) is 22.2 Å². The predicted molar refractivity (Wildman–Crippen MR) is 156 cm³/mol. The van der Waals surface area contributed by atoms with Gasteiger partial charge in [-0.1, -0.05) is 6.07 Å². The molecule has 2 saturated heterocycles. The van der Waals surface area contributed by atoms with Crippen LogP contribution >= 0.6 is 0 Å². The van der Waals surface area contributed by atoms with E-state index in [4.69, 9.17) is 20.0 Å². The van der Waals surface area contributed by atoms with Gasteiger partial charge in [0.25, 0.3) is 0 Å². The fourth-order valence-electron chi connectivity index (χ4n) is 5.75. The number of rotatable bonds is 8. The SMILES string of the molecule is N#Cc1ccc(Cn2cnc3ccc(N4CCN(Cc5nc6ccc(C(=O)O)cc6n5C[C@@H]5CCO5)CC4)nc32)c(F)c1. The first-order valence-corrected chi connectivity index (χ1v) is 14.3. The highest BCUT2D eigenvalue weighted by molar-refractivity contribution is 5.92. The first-order chi connectivity index (χ1) is 20.9. The molecule has 0 radical (unpaired) electrons. The Morgan fingerprint density at radius 3 is 2.58 bits per heavy atom. The number of carboxylic acid groups (broad SMARTS) is 1. The number of anilines is 1. The molecule has 0 bridgehead atoms. The third kappa shape index (κ3) is 5.29. The third-order valence-corrected chi connectivity index (χ3v) is 8.29. The molecule has 3 aromatic heterocycles. The van der Waals surface area contributed by atoms with E-state index < -0.39 is 11.8 Å². The minimum Gasteiger partial charge on any atom is -0.478 e. The molecule has 0 saturated carbocycles. The van der Waals surface area contributed by atoms with Crippen LogP contribution in [0.3, 0.4) is 0 Å². The second-order valence-corrected chi connectivity index (χ2v) is 11.0. The summed E-state index contributed by atoms with van der Waals surface area (Å²) in [6.45, 7) is 5.46. The van der Waals surface area contributed by atoms with Crippen LogP contribution in [-0.2, 0) is 24.4 Å². The topological polar surface area (TPSA) is 125 Å². The van der Waals surface area contributed by atoms with Crippen LogP contribution in [0, 0.1) is 17.1 Å². The van der Waals surface area contributed by atoms with E-state index in [1.165, 1.54) is 6.07 Å². The van der Waals surface area contributed by atoms with E-state index in [0.29, 0.717) is 24.3 Å². The quantitative estimate of drug-likeness (QED) is 0.293. The highest BCUT2D eigenvalue weighted by Gasteiger charge is 2.25. The van der Waals surface area contributed by atoms with Crippen molar-refractivity contribution >= 4 is 34.0 Å². The predicted octanol–water partition coefficient (Wildman–Crippen LogP) is 3.65. The number of nitriles is 1. The van der Waals surface area contributed by atoms with Crippen LogP contribution in [0.1, 0.15) is 33.7 Å². The Morgan fingerprint density at radius 2 is 1.86 bits per heavy atom. The molecule has 5 heterocycles. The molecule has 2 fully saturated rings. The van der Waals surface area contributed by atoms with Crippen molar-refractivity contribution in [3.8, 4) is 6.07 Å². The fraction of sp³-hybridized carbons (Fsp3) is 0.323. The zero-order valence-electron chi connectivity index (χ0n) is 23.4. The van der Waals surface area contributed by atoms with Crippen LogP contribution in [0.2, 0.25) is 0 Å². The minimum atomic E-state index is -0.955. The van der Waals surface area contributed by atoms with Crippen LogP contribution in [0.15, 0.2) is 54.9 Å². The maximum Gasteiger partial charge on any atom is 0.335 e. The van der Waals surface area contributed by atoms with E-state index in [9.17, 15) is 14.3 Å². The average Bonchev–Trinajstić information content (AvgIpc) is 3.55. The third-order valence-electron chi connectivity index (χ3n) is 8.29. The number of hydrogen-bond acceptors (Lipinski definition) is 8. The van der Waals surface area contributed by atoms with Crippen molar-refractivity contribution in [2.45, 2.75) is 32.2 Å². The molecule has 1 N–H and O–H groups in total. The summed E-state index contributed by atoms with van der Waals surface area (Å²) < 4.78 is 24.2. The molecular weight excluding hydrogens is 551 g/mol. The molecule has 0 spiro atoms. The van der Waals surface area contributed by atoms with Crippen LogP contribution in [-0.4, -0.2) is 79.0 Å². The number of aromatic carboxylic acids is 1. The van der Waals surface area contributed by atoms with Gasteiger partial charge < -0.3 is 23.9 Å². The number of carbonyl (C=O) groups is 1. The van der Waals surface area contributed by atoms with Gasteiger partial charge in [-0.3, -0.25) is 4.90 Å². The standard InChI is InChI=1S/C31H29FN8O3/c32-24-13-20(15-33)1-2-22(24)16-39-19-34-26-5-6-28(36-30(26)39)38-10-8-37(9-11-38)18-29-35-25-4-3-21(31(41)42)14-27(25)40(29)17-23-7-12-43-23/h1-6,13-14,19,23H,7-12,16-18H2,(H,41,42)/t23-/m0/s1. The summed E-state index contributed by atoms with van der Waals surface area (Å²) in [5.74, 6) is 0.359. The zero-order valence-corrected chi connectivity index (χ0v) is 23.4. The summed E-state index contributed by atoms with van der Waals surface area (Å²) in [4.78, 5) is 30.4. The highest BCUT2D eigenvalue weighted by atomic mass is 19.1. The Hall–Kier alpha value is -4.86. The van der Waals surface area contributed by atoms with Gasteiger partial charge in [0, 0.05) is 38.3 Å². The first kappa shape index (κ1) is 27.0. The van der Waals surface area contributed by atoms with E-state index in [1.54, 1.807) is 36.7 Å². The smallest absolute Gasteiger partial charge is 0.335 e. The number of hydrogen-bond donors (Lipinski definition) is 1. The second kappa shape index (κ2) is 11.1. The molecule has 2 aliphatic rings. The largest absolute Gasteiger partial charge is 0.478 e. The summed E-state index contributed by atoms with van der Waals surface area (Å²) in [5, 5.41) is 18.5. The van der Waals surface area contributed by atoms with Crippen molar-refractivity contribution in [3.05, 3.63) is 83.2 Å². The molecule has 11 nitrogen and oxygen atoms in total. The number of pyridine rings is 1. The Morgan fingerprint density at radius 1 is 1.05 bits per heavy atom. The van der Waals surface area contributed by atoms with Gasteiger partial charge in [-0.05, 0) is 48.9 Å². The minimum absolute atomic E-state index is 0.115. The molecule has 2 aliphatic heterocycles. The van der Waals surface area contributed by atoms with Gasteiger partial charge in [-0.15, -0.1) is 0 Å². The zero-order chi connectivity index (χ0) is 29.5. The van der Waals surface area contributed by atoms with Crippen molar-refractivity contribution in [2.75, 3.05) is 37.7 Å². The molecule has 0 unspecified atom stereocenters. The first-order valence-electron chi connectivity index (χ1n) is 14.3. The number of imidazole rings is 2. The van der Waals surface area contributed by atoms with Gasteiger partial charge in [0.15, 0.2) is 5.65 Å². The van der Waals surface area contributed by atoms with Crippen LogP contribution < -0.4 is 4.90 Å². The Kier molecular flexibility index (Phi) is 6.96. The Bertz CT molecular complexity index is 1880. The molecule has 0 amide bonds. The Balaban J connectivity index is 1.06. The molecule has 1 atom stereocenters. The molecule has 43 heavy (non-hydrogen) atoms. The van der Waals surface area contributed by atoms with E-state index in [-0.39, 0.29) is 23.8 Å². The van der Waals surface area contributed by atoms with Gasteiger partial charge in [0.05, 0.1) is 60.3 Å². The lowest BCUT2D eigenvalue weighted by Gasteiger charge is -2.35. The van der Waals surface area contributed by atoms with Crippen molar-refractivity contribution in [1.29, 1.82) is 5.26 Å². The lowest BCUT2D eigenvalue weighted by Crippen LogP contribution is -2.46. The number of fused-ring (bicyclic) bond motifs is 2. The van der Waals surface area contributed by atoms with Crippen LogP contribution in [0.4, 0.5) is 10.2 Å². The average molecular weight is 581 g/mol. The van der Waals surface area contributed by atoms with Crippen molar-refractivity contribution < 1.29 is 19.0 Å². The van der Waals surface area contributed by atoms with Crippen molar-refractivity contribution in [2.24, 2.45) is 0 Å². The lowest BCUT2D eigenvalue weighted by molar-refractivity contribution is -0.0592. The molecule has 7 rings (SSSR count). The van der Waals surface area contributed by atoms with Crippen LogP contribution in [0.5, 0.6) is 0 Å². The van der Waals surface area contributed by atoms with E-state index in [1.807, 2.05) is 22.8 Å².